The second-order valence-electron chi connectivity index (χ2n) is 5.18. The fourth-order valence-electron chi connectivity index (χ4n) is 2.43. The zero-order valence-corrected chi connectivity index (χ0v) is 13.0. The molecule has 0 saturated carbocycles. The third-order valence-electron chi connectivity index (χ3n) is 3.41. The van der Waals surface area contributed by atoms with E-state index in [1.54, 1.807) is 36.4 Å². The fourth-order valence-corrected chi connectivity index (χ4v) is 3.66. The van der Waals surface area contributed by atoms with Crippen LogP contribution in [-0.2, 0) is 16.4 Å². The van der Waals surface area contributed by atoms with Gasteiger partial charge in [-0.1, -0.05) is 11.6 Å². The first kappa shape index (κ1) is 14.2. The monoisotopic (exact) mass is 322 g/mol. The van der Waals surface area contributed by atoms with Gasteiger partial charge in [-0.3, -0.25) is 4.72 Å². The fraction of sp³-hybridized carbons (Fsp3) is 0.200. The Hall–Kier alpha value is -1.72. The number of anilines is 2. The van der Waals surface area contributed by atoms with Gasteiger partial charge in [0.25, 0.3) is 10.0 Å². The Labute approximate surface area is 129 Å². The third kappa shape index (κ3) is 2.99. The maximum Gasteiger partial charge on any atom is 0.261 e. The van der Waals surface area contributed by atoms with Crippen LogP contribution in [0.5, 0.6) is 0 Å². The van der Waals surface area contributed by atoms with Crippen molar-refractivity contribution in [2.24, 2.45) is 0 Å². The summed E-state index contributed by atoms with van der Waals surface area (Å²) in [4.78, 5) is 0.270. The van der Waals surface area contributed by atoms with Crippen molar-refractivity contribution in [3.05, 3.63) is 53.1 Å². The van der Waals surface area contributed by atoms with Gasteiger partial charge in [0.2, 0.25) is 0 Å². The van der Waals surface area contributed by atoms with Gasteiger partial charge in [-0.05, 0) is 61.4 Å². The molecule has 0 unspecified atom stereocenters. The largest absolute Gasteiger partial charge is 0.382 e. The van der Waals surface area contributed by atoms with E-state index >= 15 is 0 Å². The van der Waals surface area contributed by atoms with Crippen LogP contribution in [0.15, 0.2) is 47.4 Å². The van der Waals surface area contributed by atoms with Crippen molar-refractivity contribution in [1.29, 1.82) is 0 Å². The molecule has 2 aromatic rings. The first-order chi connectivity index (χ1) is 9.94. The maximum atomic E-state index is 12.4. The Balaban J connectivity index is 1.89. The van der Waals surface area contributed by atoms with Crippen LogP contribution in [0.3, 0.4) is 0 Å². The van der Waals surface area contributed by atoms with E-state index < -0.39 is 10.0 Å². The first-order valence-electron chi connectivity index (χ1n) is 6.62. The summed E-state index contributed by atoms with van der Waals surface area (Å²) >= 11 is 5.79. The summed E-state index contributed by atoms with van der Waals surface area (Å²) in [6.45, 7) is 2.07. The van der Waals surface area contributed by atoms with Crippen LogP contribution < -0.4 is 10.0 Å². The lowest BCUT2D eigenvalue weighted by Gasteiger charge is -2.09. The topological polar surface area (TPSA) is 58.2 Å². The molecule has 1 aliphatic rings. The molecule has 0 aromatic heterocycles. The van der Waals surface area contributed by atoms with Crippen molar-refractivity contribution in [2.45, 2.75) is 24.3 Å². The standard InChI is InChI=1S/C15H15ClN2O2S/c1-10-8-11-9-14(6-7-15(11)17-10)21(19,20)18-13-4-2-12(16)3-5-13/h2-7,9-10,17-18H,8H2,1H3/t10-/m1/s1. The van der Waals surface area contributed by atoms with Gasteiger partial charge in [0.1, 0.15) is 0 Å². The van der Waals surface area contributed by atoms with Crippen molar-refractivity contribution in [3.63, 3.8) is 0 Å². The summed E-state index contributed by atoms with van der Waals surface area (Å²) in [5.74, 6) is 0. The molecule has 110 valence electrons. The molecular weight excluding hydrogens is 308 g/mol. The number of hydrogen-bond acceptors (Lipinski definition) is 3. The van der Waals surface area contributed by atoms with E-state index in [1.165, 1.54) is 0 Å². The van der Waals surface area contributed by atoms with Crippen LogP contribution in [-0.4, -0.2) is 14.5 Å². The van der Waals surface area contributed by atoms with Crippen molar-refractivity contribution in [3.8, 4) is 0 Å². The van der Waals surface area contributed by atoms with Crippen LogP contribution in [0.4, 0.5) is 11.4 Å². The lowest BCUT2D eigenvalue weighted by Crippen LogP contribution is -2.13. The molecule has 6 heteroatoms. The Morgan fingerprint density at radius 1 is 1.19 bits per heavy atom. The molecule has 0 amide bonds. The van der Waals surface area contributed by atoms with Gasteiger partial charge in [-0.15, -0.1) is 0 Å². The lowest BCUT2D eigenvalue weighted by atomic mass is 10.1. The Kier molecular flexibility index (Phi) is 3.55. The molecule has 2 N–H and O–H groups in total. The van der Waals surface area contributed by atoms with E-state index in [2.05, 4.69) is 17.0 Å². The van der Waals surface area contributed by atoms with Gasteiger partial charge in [0, 0.05) is 22.4 Å². The van der Waals surface area contributed by atoms with Crippen molar-refractivity contribution < 1.29 is 8.42 Å². The molecule has 0 aliphatic carbocycles. The van der Waals surface area contributed by atoms with Crippen molar-refractivity contribution in [2.75, 3.05) is 10.0 Å². The number of halogens is 1. The number of rotatable bonds is 3. The molecule has 4 nitrogen and oxygen atoms in total. The average Bonchev–Trinajstić information content (AvgIpc) is 2.80. The zero-order chi connectivity index (χ0) is 15.0. The number of fused-ring (bicyclic) bond motifs is 1. The van der Waals surface area contributed by atoms with Gasteiger partial charge in [0.15, 0.2) is 0 Å². The molecule has 1 atom stereocenters. The molecule has 1 heterocycles. The van der Waals surface area contributed by atoms with Crippen LogP contribution in [0, 0.1) is 0 Å². The van der Waals surface area contributed by atoms with Gasteiger partial charge in [0.05, 0.1) is 4.90 Å². The molecule has 0 radical (unpaired) electrons. The lowest BCUT2D eigenvalue weighted by molar-refractivity contribution is 0.601. The van der Waals surface area contributed by atoms with E-state index in [0.717, 1.165) is 17.7 Å². The zero-order valence-electron chi connectivity index (χ0n) is 11.4. The molecular formula is C15H15ClN2O2S. The highest BCUT2D eigenvalue weighted by Gasteiger charge is 2.21. The summed E-state index contributed by atoms with van der Waals surface area (Å²) < 4.78 is 27.4. The number of sulfonamides is 1. The van der Waals surface area contributed by atoms with Gasteiger partial charge in [-0.2, -0.15) is 0 Å². The number of benzene rings is 2. The summed E-state index contributed by atoms with van der Waals surface area (Å²) in [5, 5.41) is 3.87. The van der Waals surface area contributed by atoms with Crippen LogP contribution in [0.1, 0.15) is 12.5 Å². The second kappa shape index (κ2) is 5.24. The minimum absolute atomic E-state index is 0.270. The SMILES string of the molecule is C[C@@H]1Cc2cc(S(=O)(=O)Nc3ccc(Cl)cc3)ccc2N1. The quantitative estimate of drug-likeness (QED) is 0.909. The molecule has 21 heavy (non-hydrogen) atoms. The Bertz CT molecular complexity index is 773. The van der Waals surface area contributed by atoms with Crippen molar-refractivity contribution >= 4 is 33.0 Å². The predicted molar refractivity (Wildman–Crippen MR) is 85.5 cm³/mol. The minimum Gasteiger partial charge on any atom is -0.382 e. The maximum absolute atomic E-state index is 12.4. The molecule has 1 aliphatic heterocycles. The van der Waals surface area contributed by atoms with Crippen LogP contribution in [0.2, 0.25) is 5.02 Å². The van der Waals surface area contributed by atoms with E-state index in [0.29, 0.717) is 16.8 Å². The summed E-state index contributed by atoms with van der Waals surface area (Å²) in [5.41, 5.74) is 2.53. The molecule has 2 aromatic carbocycles. The summed E-state index contributed by atoms with van der Waals surface area (Å²) in [7, 11) is -3.59. The smallest absolute Gasteiger partial charge is 0.261 e. The van der Waals surface area contributed by atoms with Gasteiger partial charge < -0.3 is 5.32 Å². The molecule has 0 saturated heterocycles. The molecule has 0 spiro atoms. The van der Waals surface area contributed by atoms with Gasteiger partial charge >= 0.3 is 0 Å². The molecule has 0 fully saturated rings. The third-order valence-corrected chi connectivity index (χ3v) is 5.04. The van der Waals surface area contributed by atoms with E-state index in [4.69, 9.17) is 11.6 Å². The highest BCUT2D eigenvalue weighted by molar-refractivity contribution is 7.92. The number of nitrogens with one attached hydrogen (secondary N) is 2. The van der Waals surface area contributed by atoms with E-state index in [1.807, 2.05) is 6.07 Å². The van der Waals surface area contributed by atoms with Crippen LogP contribution in [0.25, 0.3) is 0 Å². The van der Waals surface area contributed by atoms with E-state index in [-0.39, 0.29) is 4.90 Å². The van der Waals surface area contributed by atoms with Crippen molar-refractivity contribution in [1.82, 2.24) is 0 Å². The predicted octanol–water partition coefficient (Wildman–Crippen LogP) is 3.50. The summed E-state index contributed by atoms with van der Waals surface area (Å²) in [6.07, 6.45) is 0.833. The molecule has 3 rings (SSSR count). The molecule has 0 bridgehead atoms. The Morgan fingerprint density at radius 3 is 2.62 bits per heavy atom. The highest BCUT2D eigenvalue weighted by Crippen LogP contribution is 2.29. The normalized spacial score (nSPS) is 17.1. The highest BCUT2D eigenvalue weighted by atomic mass is 35.5. The summed E-state index contributed by atoms with van der Waals surface area (Å²) in [6, 6.07) is 12.1. The Morgan fingerprint density at radius 2 is 1.90 bits per heavy atom. The van der Waals surface area contributed by atoms with Gasteiger partial charge in [-0.25, -0.2) is 8.42 Å². The first-order valence-corrected chi connectivity index (χ1v) is 8.48. The van der Waals surface area contributed by atoms with Crippen LogP contribution >= 0.6 is 11.6 Å². The minimum atomic E-state index is -3.59. The second-order valence-corrected chi connectivity index (χ2v) is 7.30. The number of hydrogen-bond donors (Lipinski definition) is 2. The van der Waals surface area contributed by atoms with E-state index in [9.17, 15) is 8.42 Å². The average molecular weight is 323 g/mol.